The van der Waals surface area contributed by atoms with Crippen LogP contribution in [0.4, 0.5) is 0 Å². The Balaban J connectivity index is 0.000000720. The van der Waals surface area contributed by atoms with Gasteiger partial charge < -0.3 is 1.43 Å². The monoisotopic (exact) mass is 152 g/mol. The van der Waals surface area contributed by atoms with Crippen molar-refractivity contribution >= 4 is 6.08 Å². The van der Waals surface area contributed by atoms with Crippen molar-refractivity contribution in [2.75, 3.05) is 0 Å². The van der Waals surface area contributed by atoms with Gasteiger partial charge >= 0.3 is 18.9 Å². The predicted octanol–water partition coefficient (Wildman–Crippen LogP) is -0.0108. The summed E-state index contributed by atoms with van der Waals surface area (Å²) in [5.41, 5.74) is 5.70. The number of benzene rings is 1. The molecule has 1 aromatic rings. The summed E-state index contributed by atoms with van der Waals surface area (Å²) in [6.07, 6.45) is 5.56. The number of rotatable bonds is 0. The third-order valence-corrected chi connectivity index (χ3v) is 2.39. The number of hydrogen-bond donors (Lipinski definition) is 0. The molecule has 0 N–H and O–H groups in total. The molecule has 0 unspecified atom stereocenters. The summed E-state index contributed by atoms with van der Waals surface area (Å²) in [4.78, 5) is 0. The molecular weight excluding hydrogens is 139 g/mol. The van der Waals surface area contributed by atoms with Gasteiger partial charge in [-0.3, -0.25) is 0 Å². The molecule has 12 heavy (non-hydrogen) atoms. The number of aryl methyl sites for hydroxylation is 2. The topological polar surface area (TPSA) is 0 Å². The molecule has 1 aliphatic rings. The van der Waals surface area contributed by atoms with Crippen molar-refractivity contribution in [3.05, 3.63) is 40.5 Å². The molecule has 0 atom stereocenters. The molecule has 0 saturated heterocycles. The van der Waals surface area contributed by atoms with E-state index in [1.807, 2.05) is 0 Å². The van der Waals surface area contributed by atoms with Crippen molar-refractivity contribution < 1.29 is 20.3 Å². The molecule has 0 aliphatic heterocycles. The predicted molar refractivity (Wildman–Crippen MR) is 49.8 cm³/mol. The minimum atomic E-state index is 0. The van der Waals surface area contributed by atoms with Crippen LogP contribution in [0.3, 0.4) is 0 Å². The fourth-order valence-electron chi connectivity index (χ4n) is 1.54. The van der Waals surface area contributed by atoms with Gasteiger partial charge in [0.1, 0.15) is 0 Å². The van der Waals surface area contributed by atoms with Crippen LogP contribution in [0.15, 0.2) is 18.2 Å². The zero-order valence-corrected chi connectivity index (χ0v) is 8.02. The molecule has 2 rings (SSSR count). The van der Waals surface area contributed by atoms with Crippen LogP contribution in [-0.2, 0) is 6.42 Å². The molecule has 0 saturated carbocycles. The van der Waals surface area contributed by atoms with Crippen LogP contribution in [0.25, 0.3) is 6.08 Å². The summed E-state index contributed by atoms with van der Waals surface area (Å²) < 4.78 is 0. The van der Waals surface area contributed by atoms with Crippen LogP contribution < -0.4 is 18.9 Å². The van der Waals surface area contributed by atoms with Gasteiger partial charge in [-0.05, 0) is 42.5 Å². The van der Waals surface area contributed by atoms with Crippen LogP contribution in [0.2, 0.25) is 0 Å². The van der Waals surface area contributed by atoms with E-state index in [1.54, 1.807) is 0 Å². The fourth-order valence-corrected chi connectivity index (χ4v) is 1.54. The Hall–Kier alpha value is -0.443. The quantitative estimate of drug-likeness (QED) is 0.459. The van der Waals surface area contributed by atoms with E-state index >= 15 is 0 Å². The van der Waals surface area contributed by atoms with Gasteiger partial charge in [0.2, 0.25) is 0 Å². The molecule has 0 aromatic heterocycles. The number of allylic oxidation sites excluding steroid dienone is 1. The average Bonchev–Trinajstić information content (AvgIpc) is 2.36. The molecule has 0 spiro atoms. The summed E-state index contributed by atoms with van der Waals surface area (Å²) in [5, 5.41) is 0. The van der Waals surface area contributed by atoms with E-state index in [0.29, 0.717) is 0 Å². The smallest absolute Gasteiger partial charge is 1.00 e. The second kappa shape index (κ2) is 3.52. The van der Waals surface area contributed by atoms with Gasteiger partial charge in [-0.15, -0.1) is 0 Å². The second-order valence-electron chi connectivity index (χ2n) is 3.24. The molecule has 0 nitrogen and oxygen atoms in total. The van der Waals surface area contributed by atoms with Crippen LogP contribution in [0, 0.1) is 13.8 Å². The Kier molecular flexibility index (Phi) is 2.83. The summed E-state index contributed by atoms with van der Waals surface area (Å²) in [5.74, 6) is 0. The van der Waals surface area contributed by atoms with Crippen molar-refractivity contribution in [1.82, 2.24) is 0 Å². The normalized spacial score (nSPS) is 12.5. The maximum Gasteiger partial charge on any atom is 1.00 e. The van der Waals surface area contributed by atoms with Crippen LogP contribution in [0.1, 0.15) is 23.7 Å². The average molecular weight is 152 g/mol. The first-order valence-corrected chi connectivity index (χ1v) is 4.04. The first-order valence-electron chi connectivity index (χ1n) is 4.04. The van der Waals surface area contributed by atoms with Crippen molar-refractivity contribution in [3.63, 3.8) is 0 Å². The van der Waals surface area contributed by atoms with E-state index in [-0.39, 0.29) is 20.3 Å². The van der Waals surface area contributed by atoms with Crippen LogP contribution in [-0.4, -0.2) is 0 Å². The van der Waals surface area contributed by atoms with Crippen molar-refractivity contribution in [1.29, 1.82) is 0 Å². The Morgan fingerprint density at radius 2 is 1.83 bits per heavy atom. The van der Waals surface area contributed by atoms with E-state index in [9.17, 15) is 0 Å². The molecular formula is C11H13Li. The van der Waals surface area contributed by atoms with Gasteiger partial charge in [-0.2, -0.15) is 0 Å². The second-order valence-corrected chi connectivity index (χ2v) is 3.24. The molecule has 0 amide bonds. The minimum Gasteiger partial charge on any atom is -1.00 e. The Labute approximate surface area is 87.3 Å². The van der Waals surface area contributed by atoms with E-state index in [2.05, 4.69) is 38.1 Å². The molecule has 58 valence electrons. The molecule has 0 bridgehead atoms. The maximum absolute atomic E-state index is 2.30. The Morgan fingerprint density at radius 3 is 2.58 bits per heavy atom. The van der Waals surface area contributed by atoms with Gasteiger partial charge in [0.05, 0.1) is 0 Å². The Bertz CT molecular complexity index is 329. The van der Waals surface area contributed by atoms with E-state index in [0.717, 1.165) is 6.42 Å². The third-order valence-electron chi connectivity index (χ3n) is 2.39. The van der Waals surface area contributed by atoms with Gasteiger partial charge in [-0.25, -0.2) is 0 Å². The molecule has 1 aromatic carbocycles. The van der Waals surface area contributed by atoms with Crippen LogP contribution in [0.5, 0.6) is 0 Å². The van der Waals surface area contributed by atoms with E-state index in [4.69, 9.17) is 0 Å². The van der Waals surface area contributed by atoms with E-state index < -0.39 is 0 Å². The first-order chi connectivity index (χ1) is 5.27. The zero-order chi connectivity index (χ0) is 7.84. The summed E-state index contributed by atoms with van der Waals surface area (Å²) in [6.45, 7) is 4.34. The summed E-state index contributed by atoms with van der Waals surface area (Å²) >= 11 is 0. The standard InChI is InChI=1S/C11H12.Li.H/c1-8-6-10-4-3-5-11(10)7-9(8)2;;/h3-4,6-7H,5H2,1-2H3;;/q;+1;-1. The third kappa shape index (κ3) is 1.51. The molecule has 1 aliphatic carbocycles. The van der Waals surface area contributed by atoms with Crippen molar-refractivity contribution in [2.45, 2.75) is 20.3 Å². The fraction of sp³-hybridized carbons (Fsp3) is 0.273. The van der Waals surface area contributed by atoms with Crippen molar-refractivity contribution in [3.8, 4) is 0 Å². The van der Waals surface area contributed by atoms with Gasteiger partial charge in [-0.1, -0.05) is 24.3 Å². The largest absolute Gasteiger partial charge is 1.00 e. The molecule has 1 heteroatoms. The number of hydrogen-bond acceptors (Lipinski definition) is 0. The van der Waals surface area contributed by atoms with Crippen LogP contribution >= 0.6 is 0 Å². The van der Waals surface area contributed by atoms with Gasteiger partial charge in [0.15, 0.2) is 0 Å². The summed E-state index contributed by atoms with van der Waals surface area (Å²) in [7, 11) is 0. The van der Waals surface area contributed by atoms with Gasteiger partial charge in [0, 0.05) is 0 Å². The minimum absolute atomic E-state index is 0. The molecule has 0 radical (unpaired) electrons. The first kappa shape index (κ1) is 9.64. The molecule has 0 fully saturated rings. The Morgan fingerprint density at radius 1 is 1.17 bits per heavy atom. The summed E-state index contributed by atoms with van der Waals surface area (Å²) in [6, 6.07) is 4.57. The zero-order valence-electron chi connectivity index (χ0n) is 9.02. The number of fused-ring (bicyclic) bond motifs is 1. The van der Waals surface area contributed by atoms with Crippen molar-refractivity contribution in [2.24, 2.45) is 0 Å². The molecule has 0 heterocycles. The van der Waals surface area contributed by atoms with E-state index in [1.165, 1.54) is 22.3 Å². The van der Waals surface area contributed by atoms with Gasteiger partial charge in [0.25, 0.3) is 0 Å². The SMILES string of the molecule is Cc1cc2c(cc1C)CC=C2.[H-].[Li+]. The maximum atomic E-state index is 2.30.